The molecule has 108 valence electrons. The SMILES string of the molecule is CCCOCCCNC(=O)C(N)CCS(C)(=O)=O. The lowest BCUT2D eigenvalue weighted by Crippen LogP contribution is -2.42. The van der Waals surface area contributed by atoms with Crippen LogP contribution in [0.4, 0.5) is 0 Å². The van der Waals surface area contributed by atoms with Crippen LogP contribution < -0.4 is 11.1 Å². The molecule has 18 heavy (non-hydrogen) atoms. The molecular formula is C11H24N2O4S. The summed E-state index contributed by atoms with van der Waals surface area (Å²) >= 11 is 0. The van der Waals surface area contributed by atoms with Gasteiger partial charge in [0.2, 0.25) is 5.91 Å². The topological polar surface area (TPSA) is 98.5 Å². The molecule has 1 amide bonds. The molecule has 3 N–H and O–H groups in total. The van der Waals surface area contributed by atoms with Crippen molar-refractivity contribution in [1.82, 2.24) is 5.32 Å². The van der Waals surface area contributed by atoms with Crippen molar-refractivity contribution in [3.63, 3.8) is 0 Å². The van der Waals surface area contributed by atoms with Crippen LogP contribution in [0.25, 0.3) is 0 Å². The zero-order chi connectivity index (χ0) is 14.0. The van der Waals surface area contributed by atoms with Crippen molar-refractivity contribution in [3.8, 4) is 0 Å². The summed E-state index contributed by atoms with van der Waals surface area (Å²) in [6.07, 6.45) is 2.98. The van der Waals surface area contributed by atoms with Crippen molar-refractivity contribution in [3.05, 3.63) is 0 Å². The van der Waals surface area contributed by atoms with Gasteiger partial charge in [-0.3, -0.25) is 4.79 Å². The molecule has 0 saturated heterocycles. The van der Waals surface area contributed by atoms with Crippen molar-refractivity contribution in [2.45, 2.75) is 32.2 Å². The fourth-order valence-corrected chi connectivity index (χ4v) is 1.92. The maximum Gasteiger partial charge on any atom is 0.236 e. The highest BCUT2D eigenvalue weighted by molar-refractivity contribution is 7.90. The summed E-state index contributed by atoms with van der Waals surface area (Å²) in [6, 6.07) is -0.767. The zero-order valence-corrected chi connectivity index (χ0v) is 12.0. The average Bonchev–Trinajstić information content (AvgIpc) is 2.29. The third-order valence-electron chi connectivity index (χ3n) is 2.25. The molecule has 7 heteroatoms. The van der Waals surface area contributed by atoms with Crippen molar-refractivity contribution in [2.75, 3.05) is 31.8 Å². The fraction of sp³-hybridized carbons (Fsp3) is 0.909. The summed E-state index contributed by atoms with van der Waals surface area (Å²) in [6.45, 7) is 3.85. The Kier molecular flexibility index (Phi) is 8.95. The van der Waals surface area contributed by atoms with Crippen molar-refractivity contribution < 1.29 is 17.9 Å². The Labute approximate surface area is 109 Å². The minimum atomic E-state index is -3.07. The van der Waals surface area contributed by atoms with E-state index in [4.69, 9.17) is 10.5 Å². The molecule has 0 aliphatic rings. The number of carbonyl (C=O) groups excluding carboxylic acids is 1. The number of ether oxygens (including phenoxy) is 1. The molecule has 0 aliphatic heterocycles. The third kappa shape index (κ3) is 10.5. The first-order chi connectivity index (χ1) is 8.37. The normalized spacial score (nSPS) is 13.3. The van der Waals surface area contributed by atoms with Gasteiger partial charge in [0.15, 0.2) is 0 Å². The maximum atomic E-state index is 11.5. The molecule has 0 rings (SSSR count). The van der Waals surface area contributed by atoms with Crippen LogP contribution in [0, 0.1) is 0 Å². The summed E-state index contributed by atoms with van der Waals surface area (Å²) in [5.74, 6) is -0.379. The highest BCUT2D eigenvalue weighted by Crippen LogP contribution is 1.94. The van der Waals surface area contributed by atoms with Crippen molar-refractivity contribution in [2.24, 2.45) is 5.73 Å². The summed E-state index contributed by atoms with van der Waals surface area (Å²) in [4.78, 5) is 11.5. The number of hydrogen-bond donors (Lipinski definition) is 2. The van der Waals surface area contributed by atoms with Gasteiger partial charge in [0, 0.05) is 26.0 Å². The van der Waals surface area contributed by atoms with Gasteiger partial charge < -0.3 is 15.8 Å². The molecule has 0 saturated carbocycles. The number of carbonyl (C=O) groups is 1. The zero-order valence-electron chi connectivity index (χ0n) is 11.1. The van der Waals surface area contributed by atoms with E-state index in [-0.39, 0.29) is 18.1 Å². The van der Waals surface area contributed by atoms with Crippen LogP contribution in [0.15, 0.2) is 0 Å². The lowest BCUT2D eigenvalue weighted by molar-refractivity contribution is -0.122. The molecule has 1 atom stereocenters. The van der Waals surface area contributed by atoms with E-state index >= 15 is 0 Å². The Morgan fingerprint density at radius 1 is 1.39 bits per heavy atom. The Morgan fingerprint density at radius 2 is 2.06 bits per heavy atom. The number of hydrogen-bond acceptors (Lipinski definition) is 5. The average molecular weight is 280 g/mol. The monoisotopic (exact) mass is 280 g/mol. The van der Waals surface area contributed by atoms with E-state index in [1.165, 1.54) is 0 Å². The molecule has 0 heterocycles. The first kappa shape index (κ1) is 17.3. The van der Waals surface area contributed by atoms with Crippen LogP contribution in [-0.4, -0.2) is 52.1 Å². The van der Waals surface area contributed by atoms with E-state index in [1.54, 1.807) is 0 Å². The van der Waals surface area contributed by atoms with Crippen molar-refractivity contribution >= 4 is 15.7 Å². The van der Waals surface area contributed by atoms with E-state index in [0.29, 0.717) is 13.2 Å². The summed E-state index contributed by atoms with van der Waals surface area (Å²) in [7, 11) is -3.07. The van der Waals surface area contributed by atoms with E-state index in [0.717, 1.165) is 25.7 Å². The number of amides is 1. The molecule has 0 fully saturated rings. The third-order valence-corrected chi connectivity index (χ3v) is 3.23. The van der Waals surface area contributed by atoms with Gasteiger partial charge in [0.05, 0.1) is 11.8 Å². The highest BCUT2D eigenvalue weighted by atomic mass is 32.2. The molecule has 0 bridgehead atoms. The van der Waals surface area contributed by atoms with E-state index in [2.05, 4.69) is 5.32 Å². The smallest absolute Gasteiger partial charge is 0.236 e. The van der Waals surface area contributed by atoms with Gasteiger partial charge in [-0.2, -0.15) is 0 Å². The van der Waals surface area contributed by atoms with E-state index in [9.17, 15) is 13.2 Å². The van der Waals surface area contributed by atoms with Gasteiger partial charge in [-0.05, 0) is 19.3 Å². The lowest BCUT2D eigenvalue weighted by Gasteiger charge is -2.11. The summed E-state index contributed by atoms with van der Waals surface area (Å²) in [5.41, 5.74) is 5.58. The Bertz CT molecular complexity index is 330. The van der Waals surface area contributed by atoms with Crippen LogP contribution in [-0.2, 0) is 19.4 Å². The summed E-state index contributed by atoms with van der Waals surface area (Å²) < 4.78 is 27.1. The van der Waals surface area contributed by atoms with Gasteiger partial charge in [-0.15, -0.1) is 0 Å². The van der Waals surface area contributed by atoms with Crippen molar-refractivity contribution in [1.29, 1.82) is 0 Å². The van der Waals surface area contributed by atoms with Crippen LogP contribution in [0.2, 0.25) is 0 Å². The standard InChI is InChI=1S/C11H24N2O4S/c1-3-7-17-8-4-6-13-11(14)10(12)5-9-18(2,15)16/h10H,3-9,12H2,1-2H3,(H,13,14). The number of nitrogens with one attached hydrogen (secondary N) is 1. The molecule has 1 unspecified atom stereocenters. The minimum Gasteiger partial charge on any atom is -0.381 e. The minimum absolute atomic E-state index is 0.0683. The second-order valence-corrected chi connectivity index (χ2v) is 6.54. The van der Waals surface area contributed by atoms with Crippen LogP contribution >= 0.6 is 0 Å². The van der Waals surface area contributed by atoms with Gasteiger partial charge in [-0.1, -0.05) is 6.92 Å². The molecule has 0 radical (unpaired) electrons. The van der Waals surface area contributed by atoms with E-state index in [1.807, 2.05) is 6.92 Å². The predicted octanol–water partition coefficient (Wildman–Crippen LogP) is -0.319. The number of rotatable bonds is 10. The maximum absolute atomic E-state index is 11.5. The Balaban J connectivity index is 3.62. The van der Waals surface area contributed by atoms with E-state index < -0.39 is 15.9 Å². The van der Waals surface area contributed by atoms with Crippen LogP contribution in [0.1, 0.15) is 26.2 Å². The largest absolute Gasteiger partial charge is 0.381 e. The van der Waals surface area contributed by atoms with Gasteiger partial charge >= 0.3 is 0 Å². The number of sulfone groups is 1. The molecule has 0 aliphatic carbocycles. The quantitative estimate of drug-likeness (QED) is 0.534. The first-order valence-electron chi connectivity index (χ1n) is 6.15. The van der Waals surface area contributed by atoms with Crippen LogP contribution in [0.5, 0.6) is 0 Å². The van der Waals surface area contributed by atoms with Gasteiger partial charge in [0.25, 0.3) is 0 Å². The Hall–Kier alpha value is -0.660. The molecule has 0 aromatic carbocycles. The predicted molar refractivity (Wildman–Crippen MR) is 71.0 cm³/mol. The second-order valence-electron chi connectivity index (χ2n) is 4.28. The van der Waals surface area contributed by atoms with Gasteiger partial charge in [-0.25, -0.2) is 8.42 Å². The second kappa shape index (κ2) is 9.29. The van der Waals surface area contributed by atoms with Gasteiger partial charge in [0.1, 0.15) is 9.84 Å². The number of nitrogens with two attached hydrogens (primary N) is 1. The van der Waals surface area contributed by atoms with Crippen LogP contribution in [0.3, 0.4) is 0 Å². The summed E-state index contributed by atoms with van der Waals surface area (Å²) in [5, 5.41) is 2.66. The molecule has 0 aromatic rings. The molecular weight excluding hydrogens is 256 g/mol. The lowest BCUT2D eigenvalue weighted by atomic mass is 10.2. The Morgan fingerprint density at radius 3 is 2.61 bits per heavy atom. The highest BCUT2D eigenvalue weighted by Gasteiger charge is 2.15. The first-order valence-corrected chi connectivity index (χ1v) is 8.21. The molecule has 0 aromatic heterocycles. The fourth-order valence-electron chi connectivity index (χ4n) is 1.24. The molecule has 0 spiro atoms. The molecule has 6 nitrogen and oxygen atoms in total.